The number of benzene rings is 2. The molecule has 4 aromatic rings. The highest BCUT2D eigenvalue weighted by Crippen LogP contribution is 2.33. The normalized spacial score (nSPS) is 10.7. The molecule has 2 aromatic heterocycles. The molecule has 0 saturated heterocycles. The van der Waals surface area contributed by atoms with Gasteiger partial charge in [-0.3, -0.25) is 9.78 Å². The predicted molar refractivity (Wildman–Crippen MR) is 114 cm³/mol. The Morgan fingerprint density at radius 2 is 1.83 bits per heavy atom. The van der Waals surface area contributed by atoms with Gasteiger partial charge in [-0.05, 0) is 30.3 Å². The van der Waals surface area contributed by atoms with E-state index in [2.05, 4.69) is 25.6 Å². The van der Waals surface area contributed by atoms with Gasteiger partial charge in [-0.25, -0.2) is 4.98 Å². The van der Waals surface area contributed by atoms with E-state index in [1.54, 1.807) is 49.5 Å². The molecule has 0 bridgehead atoms. The molecule has 29 heavy (non-hydrogen) atoms. The first-order valence-corrected chi connectivity index (χ1v) is 9.36. The van der Waals surface area contributed by atoms with E-state index in [4.69, 9.17) is 27.9 Å². The Morgan fingerprint density at radius 3 is 2.59 bits per heavy atom. The third-order valence-electron chi connectivity index (χ3n) is 4.09. The van der Waals surface area contributed by atoms with Gasteiger partial charge in [0, 0.05) is 25.4 Å². The van der Waals surface area contributed by atoms with Crippen LogP contribution in [0.5, 0.6) is 11.5 Å². The number of aromatic amines is 1. The summed E-state index contributed by atoms with van der Waals surface area (Å²) in [7, 11) is 1.55. The van der Waals surface area contributed by atoms with Gasteiger partial charge in [-0.1, -0.05) is 29.3 Å². The Balaban J connectivity index is 1.58. The largest absolute Gasteiger partial charge is 0.457 e. The van der Waals surface area contributed by atoms with Crippen LogP contribution in [0, 0.1) is 0 Å². The van der Waals surface area contributed by atoms with E-state index in [1.807, 2.05) is 6.07 Å². The van der Waals surface area contributed by atoms with Crippen LogP contribution in [-0.4, -0.2) is 27.9 Å². The number of nitrogens with one attached hydrogen (secondary N) is 3. The van der Waals surface area contributed by atoms with E-state index in [1.165, 1.54) is 6.20 Å². The summed E-state index contributed by atoms with van der Waals surface area (Å²) in [5.41, 5.74) is 2.34. The number of rotatable bonds is 5. The average Bonchev–Trinajstić information content (AvgIpc) is 3.12. The van der Waals surface area contributed by atoms with Crippen molar-refractivity contribution in [2.75, 3.05) is 12.4 Å². The van der Waals surface area contributed by atoms with Crippen molar-refractivity contribution in [3.8, 4) is 11.5 Å². The van der Waals surface area contributed by atoms with Gasteiger partial charge < -0.3 is 20.4 Å². The first-order chi connectivity index (χ1) is 14.0. The third kappa shape index (κ3) is 4.11. The number of carbonyl (C=O) groups is 1. The number of imidazole rings is 1. The van der Waals surface area contributed by atoms with Crippen LogP contribution in [0.2, 0.25) is 10.0 Å². The van der Waals surface area contributed by atoms with E-state index in [-0.39, 0.29) is 11.6 Å². The van der Waals surface area contributed by atoms with Crippen molar-refractivity contribution in [2.24, 2.45) is 0 Å². The van der Waals surface area contributed by atoms with Gasteiger partial charge in [-0.2, -0.15) is 0 Å². The minimum Gasteiger partial charge on any atom is -0.457 e. The summed E-state index contributed by atoms with van der Waals surface area (Å²) < 4.78 is 5.85. The number of anilines is 2. The molecule has 146 valence electrons. The molecule has 0 saturated carbocycles. The summed E-state index contributed by atoms with van der Waals surface area (Å²) in [6.07, 6.45) is 1.52. The number of ether oxygens (including phenoxy) is 1. The van der Waals surface area contributed by atoms with Gasteiger partial charge in [0.1, 0.15) is 17.2 Å². The molecule has 0 aliphatic heterocycles. The maximum atomic E-state index is 11.7. The molecule has 9 heteroatoms. The summed E-state index contributed by atoms with van der Waals surface area (Å²) >= 11 is 12.4. The fourth-order valence-electron chi connectivity index (χ4n) is 2.71. The zero-order chi connectivity index (χ0) is 20.4. The highest BCUT2D eigenvalue weighted by molar-refractivity contribution is 6.39. The maximum Gasteiger partial charge on any atom is 0.269 e. The van der Waals surface area contributed by atoms with E-state index >= 15 is 0 Å². The van der Waals surface area contributed by atoms with E-state index in [9.17, 15) is 4.79 Å². The van der Waals surface area contributed by atoms with Crippen LogP contribution in [0.25, 0.3) is 11.0 Å². The molecule has 0 unspecified atom stereocenters. The SMILES string of the molecule is CNC(=O)c1cc(Oc2ccc3[nH]c(Nc4c(Cl)cccc4Cl)nc3c2)ccn1. The average molecular weight is 428 g/mol. The summed E-state index contributed by atoms with van der Waals surface area (Å²) in [4.78, 5) is 23.4. The lowest BCUT2D eigenvalue weighted by Gasteiger charge is -2.06. The Bertz CT molecular complexity index is 1190. The third-order valence-corrected chi connectivity index (χ3v) is 4.72. The second kappa shape index (κ2) is 7.98. The number of amides is 1. The molecule has 0 radical (unpaired) electrons. The number of halogens is 2. The zero-order valence-electron chi connectivity index (χ0n) is 15.2. The molecule has 0 fully saturated rings. The monoisotopic (exact) mass is 427 g/mol. The molecular weight excluding hydrogens is 413 g/mol. The van der Waals surface area contributed by atoms with Crippen LogP contribution in [0.1, 0.15) is 10.5 Å². The highest BCUT2D eigenvalue weighted by atomic mass is 35.5. The van der Waals surface area contributed by atoms with Crippen molar-refractivity contribution in [3.05, 3.63) is 70.5 Å². The summed E-state index contributed by atoms with van der Waals surface area (Å²) in [6, 6.07) is 13.9. The molecular formula is C20H15Cl2N5O2. The summed E-state index contributed by atoms with van der Waals surface area (Å²) in [6.45, 7) is 0. The standard InChI is InChI=1S/C20H15Cl2N5O2/c1-23-19(28)17-10-12(7-8-24-17)29-11-5-6-15-16(9-11)26-20(25-15)27-18-13(21)3-2-4-14(18)22/h2-10H,1H3,(H,23,28)(H2,25,26,27). The Labute approximate surface area is 176 Å². The van der Waals surface area contributed by atoms with Gasteiger partial charge in [0.2, 0.25) is 5.95 Å². The Hall–Kier alpha value is -3.29. The Kier molecular flexibility index (Phi) is 5.24. The molecule has 0 spiro atoms. The molecule has 3 N–H and O–H groups in total. The van der Waals surface area contributed by atoms with Gasteiger partial charge in [-0.15, -0.1) is 0 Å². The van der Waals surface area contributed by atoms with Crippen molar-refractivity contribution in [1.29, 1.82) is 0 Å². The summed E-state index contributed by atoms with van der Waals surface area (Å²) in [5.74, 6) is 1.28. The molecule has 2 aromatic carbocycles. The van der Waals surface area contributed by atoms with E-state index in [0.29, 0.717) is 38.7 Å². The van der Waals surface area contributed by atoms with Crippen LogP contribution in [0.15, 0.2) is 54.7 Å². The van der Waals surface area contributed by atoms with Gasteiger partial charge in [0.15, 0.2) is 0 Å². The first kappa shape index (κ1) is 19.0. The second-order valence-corrected chi connectivity index (χ2v) is 6.86. The molecule has 7 nitrogen and oxygen atoms in total. The van der Waals surface area contributed by atoms with Crippen molar-refractivity contribution < 1.29 is 9.53 Å². The van der Waals surface area contributed by atoms with Crippen LogP contribution < -0.4 is 15.4 Å². The zero-order valence-corrected chi connectivity index (χ0v) is 16.7. The van der Waals surface area contributed by atoms with Crippen LogP contribution >= 0.6 is 23.2 Å². The van der Waals surface area contributed by atoms with Crippen molar-refractivity contribution >= 4 is 51.8 Å². The van der Waals surface area contributed by atoms with E-state index in [0.717, 1.165) is 5.52 Å². The lowest BCUT2D eigenvalue weighted by Crippen LogP contribution is -2.18. The molecule has 0 aliphatic rings. The molecule has 2 heterocycles. The van der Waals surface area contributed by atoms with Crippen LogP contribution in [0.3, 0.4) is 0 Å². The first-order valence-electron chi connectivity index (χ1n) is 8.60. The fraction of sp³-hybridized carbons (Fsp3) is 0.0500. The number of aromatic nitrogens is 3. The number of H-pyrrole nitrogens is 1. The minimum absolute atomic E-state index is 0.272. The van der Waals surface area contributed by atoms with Gasteiger partial charge in [0.25, 0.3) is 5.91 Å². The number of carbonyl (C=O) groups excluding carboxylic acids is 1. The maximum absolute atomic E-state index is 11.7. The summed E-state index contributed by atoms with van der Waals surface area (Å²) in [5, 5.41) is 6.62. The molecule has 4 rings (SSSR count). The number of para-hydroxylation sites is 1. The lowest BCUT2D eigenvalue weighted by atomic mass is 10.3. The van der Waals surface area contributed by atoms with Crippen molar-refractivity contribution in [3.63, 3.8) is 0 Å². The topological polar surface area (TPSA) is 91.9 Å². The molecule has 0 aliphatic carbocycles. The molecule has 0 atom stereocenters. The number of hydrogen-bond acceptors (Lipinski definition) is 5. The van der Waals surface area contributed by atoms with Crippen molar-refractivity contribution in [1.82, 2.24) is 20.3 Å². The van der Waals surface area contributed by atoms with Crippen LogP contribution in [0.4, 0.5) is 11.6 Å². The smallest absolute Gasteiger partial charge is 0.269 e. The molecule has 1 amide bonds. The van der Waals surface area contributed by atoms with Crippen molar-refractivity contribution in [2.45, 2.75) is 0 Å². The quantitative estimate of drug-likeness (QED) is 0.409. The van der Waals surface area contributed by atoms with Gasteiger partial charge >= 0.3 is 0 Å². The fourth-order valence-corrected chi connectivity index (χ4v) is 3.20. The lowest BCUT2D eigenvalue weighted by molar-refractivity contribution is 0.0958. The van der Waals surface area contributed by atoms with E-state index < -0.39 is 0 Å². The highest BCUT2D eigenvalue weighted by Gasteiger charge is 2.11. The van der Waals surface area contributed by atoms with Gasteiger partial charge in [0.05, 0.1) is 26.8 Å². The number of fused-ring (bicyclic) bond motifs is 1. The Morgan fingerprint density at radius 1 is 1.07 bits per heavy atom. The number of hydrogen-bond donors (Lipinski definition) is 3. The number of pyridine rings is 1. The minimum atomic E-state index is -0.285. The number of nitrogens with zero attached hydrogens (tertiary/aromatic N) is 2. The predicted octanol–water partition coefficient (Wildman–Crippen LogP) is 5.16. The van der Waals surface area contributed by atoms with Crippen LogP contribution in [-0.2, 0) is 0 Å². The second-order valence-electron chi connectivity index (χ2n) is 6.04.